The molecule has 3 heterocycles. The van der Waals surface area contributed by atoms with Crippen LogP contribution in [0.4, 0.5) is 0 Å². The van der Waals surface area contributed by atoms with Crippen LogP contribution in [-0.4, -0.2) is 71.2 Å². The number of likely N-dealkylation sites (tertiary alicyclic amines) is 1. The molecule has 1 amide bonds. The number of carbonyl (C=O) groups is 1. The van der Waals surface area contributed by atoms with Gasteiger partial charge in [0.2, 0.25) is 0 Å². The van der Waals surface area contributed by atoms with Gasteiger partial charge in [-0.15, -0.1) is 0 Å². The maximum absolute atomic E-state index is 13.3. The third kappa shape index (κ3) is 5.10. The van der Waals surface area contributed by atoms with Crippen molar-refractivity contribution in [3.05, 3.63) is 42.4 Å². The zero-order valence-corrected chi connectivity index (χ0v) is 20.6. The van der Waals surface area contributed by atoms with E-state index in [0.29, 0.717) is 6.04 Å². The van der Waals surface area contributed by atoms with Crippen molar-refractivity contribution in [2.75, 3.05) is 39.5 Å². The quantitative estimate of drug-likeness (QED) is 0.648. The topological polar surface area (TPSA) is 67.8 Å². The molecule has 2 aromatic rings. The summed E-state index contributed by atoms with van der Waals surface area (Å²) >= 11 is 0. The van der Waals surface area contributed by atoms with Crippen molar-refractivity contribution in [1.82, 2.24) is 19.8 Å². The molecule has 1 aromatic carbocycles. The SMILES string of the molecule is CC1(C)C[C@@H]2C[C@](C)(CN2C(=O)COc2ccc(-c3cnccn3)cc2CN2CCOCC2)C1. The molecule has 2 aliphatic heterocycles. The number of aromatic nitrogens is 2. The van der Waals surface area contributed by atoms with E-state index in [0.717, 1.165) is 74.8 Å². The normalized spacial score (nSPS) is 26.4. The van der Waals surface area contributed by atoms with Crippen LogP contribution in [0.5, 0.6) is 5.75 Å². The van der Waals surface area contributed by atoms with Crippen molar-refractivity contribution < 1.29 is 14.3 Å². The molecule has 0 unspecified atom stereocenters. The van der Waals surface area contributed by atoms with Crippen LogP contribution in [-0.2, 0) is 16.1 Å². The highest BCUT2D eigenvalue weighted by Gasteiger charge is 2.50. The minimum atomic E-state index is 0.0770. The van der Waals surface area contributed by atoms with Gasteiger partial charge in [0.05, 0.1) is 25.1 Å². The summed E-state index contributed by atoms with van der Waals surface area (Å²) in [4.78, 5) is 26.4. The second kappa shape index (κ2) is 9.27. The number of amides is 1. The standard InChI is InChI=1S/C27H36N4O3/c1-26(2)13-22-14-27(3,18-26)19-31(22)25(32)17-34-24-5-4-20(23-15-28-6-7-29-23)12-21(24)16-30-8-10-33-11-9-30/h4-7,12,15,22H,8-11,13-14,16-19H2,1-3H3/t22-,27+/m1/s1. The first-order valence-electron chi connectivity index (χ1n) is 12.4. The summed E-state index contributed by atoms with van der Waals surface area (Å²) < 4.78 is 11.7. The summed E-state index contributed by atoms with van der Waals surface area (Å²) in [7, 11) is 0. The molecule has 5 rings (SSSR count). The Labute approximate surface area is 202 Å². The summed E-state index contributed by atoms with van der Waals surface area (Å²) in [5, 5.41) is 0. The molecule has 0 radical (unpaired) electrons. The van der Waals surface area contributed by atoms with E-state index in [9.17, 15) is 4.79 Å². The Morgan fingerprint density at radius 3 is 2.76 bits per heavy atom. The molecule has 7 heteroatoms. The van der Waals surface area contributed by atoms with E-state index in [1.54, 1.807) is 18.6 Å². The van der Waals surface area contributed by atoms with E-state index >= 15 is 0 Å². The maximum atomic E-state index is 13.3. The molecule has 0 N–H and O–H groups in total. The fourth-order valence-electron chi connectivity index (χ4n) is 6.43. The van der Waals surface area contributed by atoms with Crippen LogP contribution in [0.2, 0.25) is 0 Å². The van der Waals surface area contributed by atoms with Crippen LogP contribution < -0.4 is 4.74 Å². The van der Waals surface area contributed by atoms with Crippen LogP contribution in [0, 0.1) is 10.8 Å². The number of fused-ring (bicyclic) bond motifs is 2. The Hall–Kier alpha value is -2.51. The van der Waals surface area contributed by atoms with E-state index in [2.05, 4.69) is 46.6 Å². The molecule has 1 aromatic heterocycles. The fraction of sp³-hybridized carbons (Fsp3) is 0.593. The molecular formula is C27H36N4O3. The predicted molar refractivity (Wildman–Crippen MR) is 130 cm³/mol. The number of morpholine rings is 1. The summed E-state index contributed by atoms with van der Waals surface area (Å²) in [6, 6.07) is 6.42. The third-order valence-corrected chi connectivity index (χ3v) is 7.50. The molecule has 1 saturated carbocycles. The Kier molecular flexibility index (Phi) is 6.34. The van der Waals surface area contributed by atoms with Crippen molar-refractivity contribution >= 4 is 5.91 Å². The second-order valence-electron chi connectivity index (χ2n) is 11.3. The van der Waals surface area contributed by atoms with Gasteiger partial charge in [-0.2, -0.15) is 0 Å². The molecule has 34 heavy (non-hydrogen) atoms. The number of ether oxygens (including phenoxy) is 2. The van der Waals surface area contributed by atoms with E-state index < -0.39 is 0 Å². The van der Waals surface area contributed by atoms with Crippen molar-refractivity contribution in [2.24, 2.45) is 10.8 Å². The first-order valence-corrected chi connectivity index (χ1v) is 12.4. The van der Waals surface area contributed by atoms with Gasteiger partial charge in [0.1, 0.15) is 5.75 Å². The predicted octanol–water partition coefficient (Wildman–Crippen LogP) is 3.78. The molecule has 182 valence electrons. The van der Waals surface area contributed by atoms with E-state index in [1.807, 2.05) is 12.1 Å². The molecule has 2 saturated heterocycles. The second-order valence-corrected chi connectivity index (χ2v) is 11.3. The number of rotatable bonds is 6. The molecule has 2 atom stereocenters. The van der Waals surface area contributed by atoms with Crippen molar-refractivity contribution in [1.29, 1.82) is 0 Å². The highest BCUT2D eigenvalue weighted by molar-refractivity contribution is 5.78. The van der Waals surface area contributed by atoms with Crippen LogP contribution in [0.1, 0.15) is 45.6 Å². The number of hydrogen-bond acceptors (Lipinski definition) is 6. The van der Waals surface area contributed by atoms with Gasteiger partial charge in [-0.25, -0.2) is 0 Å². The van der Waals surface area contributed by atoms with Gasteiger partial charge < -0.3 is 14.4 Å². The summed E-state index contributed by atoms with van der Waals surface area (Å²) in [6.45, 7) is 11.9. The van der Waals surface area contributed by atoms with E-state index in [-0.39, 0.29) is 23.3 Å². The minimum Gasteiger partial charge on any atom is -0.483 e. The molecule has 1 aliphatic carbocycles. The van der Waals surface area contributed by atoms with Crippen molar-refractivity contribution in [2.45, 2.75) is 52.6 Å². The van der Waals surface area contributed by atoms with Crippen LogP contribution >= 0.6 is 0 Å². The molecule has 3 aliphatic rings. The lowest BCUT2D eigenvalue weighted by Gasteiger charge is -2.39. The minimum absolute atomic E-state index is 0.0770. The Morgan fingerprint density at radius 2 is 2.00 bits per heavy atom. The highest BCUT2D eigenvalue weighted by Crippen LogP contribution is 2.52. The number of nitrogens with zero attached hydrogens (tertiary/aromatic N) is 4. The van der Waals surface area contributed by atoms with Crippen LogP contribution in [0.25, 0.3) is 11.3 Å². The maximum Gasteiger partial charge on any atom is 0.260 e. The van der Waals surface area contributed by atoms with E-state index in [4.69, 9.17) is 9.47 Å². The van der Waals surface area contributed by atoms with Gasteiger partial charge in [-0.05, 0) is 48.3 Å². The lowest BCUT2D eigenvalue weighted by molar-refractivity contribution is -0.134. The van der Waals surface area contributed by atoms with Gasteiger partial charge in [0.25, 0.3) is 5.91 Å². The average molecular weight is 465 g/mol. The third-order valence-electron chi connectivity index (χ3n) is 7.50. The monoisotopic (exact) mass is 464 g/mol. The summed E-state index contributed by atoms with van der Waals surface area (Å²) in [6.07, 6.45) is 8.50. The van der Waals surface area contributed by atoms with Crippen molar-refractivity contribution in [3.63, 3.8) is 0 Å². The van der Waals surface area contributed by atoms with Gasteiger partial charge in [-0.1, -0.05) is 20.8 Å². The smallest absolute Gasteiger partial charge is 0.260 e. The summed E-state index contributed by atoms with van der Waals surface area (Å²) in [5.74, 6) is 0.864. The van der Waals surface area contributed by atoms with Crippen LogP contribution in [0.3, 0.4) is 0 Å². The molecule has 3 fully saturated rings. The molecular weight excluding hydrogens is 428 g/mol. The molecule has 2 bridgehead atoms. The number of benzene rings is 1. The van der Waals surface area contributed by atoms with Crippen LogP contribution in [0.15, 0.2) is 36.8 Å². The Balaban J connectivity index is 1.32. The molecule has 0 spiro atoms. The van der Waals surface area contributed by atoms with Crippen molar-refractivity contribution in [3.8, 4) is 17.0 Å². The number of carbonyl (C=O) groups excluding carboxylic acids is 1. The highest BCUT2D eigenvalue weighted by atomic mass is 16.5. The van der Waals surface area contributed by atoms with E-state index in [1.165, 1.54) is 6.42 Å². The molecule has 7 nitrogen and oxygen atoms in total. The largest absolute Gasteiger partial charge is 0.483 e. The van der Waals surface area contributed by atoms with Gasteiger partial charge >= 0.3 is 0 Å². The Morgan fingerprint density at radius 1 is 1.18 bits per heavy atom. The summed E-state index contributed by atoms with van der Waals surface area (Å²) in [5.41, 5.74) is 3.40. The Bertz CT molecular complexity index is 1020. The average Bonchev–Trinajstić information content (AvgIpc) is 3.08. The first kappa shape index (κ1) is 23.2. The zero-order valence-electron chi connectivity index (χ0n) is 20.6. The zero-order chi connectivity index (χ0) is 23.8. The van der Waals surface area contributed by atoms with Gasteiger partial charge in [-0.3, -0.25) is 19.7 Å². The van der Waals surface area contributed by atoms with Gasteiger partial charge in [0.15, 0.2) is 6.61 Å². The lowest BCUT2D eigenvalue weighted by atomic mass is 9.65. The first-order chi connectivity index (χ1) is 16.3. The lowest BCUT2D eigenvalue weighted by Crippen LogP contribution is -2.40. The number of hydrogen-bond donors (Lipinski definition) is 0. The fourth-order valence-corrected chi connectivity index (χ4v) is 6.43. The van der Waals surface area contributed by atoms with Gasteiger partial charge in [0, 0.05) is 55.7 Å².